The maximum atomic E-state index is 5.77. The van der Waals surface area contributed by atoms with Crippen molar-refractivity contribution in [2.45, 2.75) is 18.9 Å². The van der Waals surface area contributed by atoms with Crippen LogP contribution in [0.15, 0.2) is 42.7 Å². The van der Waals surface area contributed by atoms with Gasteiger partial charge >= 0.3 is 0 Å². The van der Waals surface area contributed by atoms with Gasteiger partial charge in [0.05, 0.1) is 6.20 Å². The van der Waals surface area contributed by atoms with E-state index in [4.69, 9.17) is 15.7 Å². The van der Waals surface area contributed by atoms with Crippen molar-refractivity contribution < 1.29 is 0 Å². The van der Waals surface area contributed by atoms with Crippen LogP contribution >= 0.6 is 0 Å². The fourth-order valence-corrected chi connectivity index (χ4v) is 3.30. The minimum absolute atomic E-state index is 0.228. The number of anilines is 4. The van der Waals surface area contributed by atoms with Crippen molar-refractivity contribution in [2.24, 2.45) is 0 Å². The van der Waals surface area contributed by atoms with Gasteiger partial charge in [-0.05, 0) is 37.1 Å². The van der Waals surface area contributed by atoms with Gasteiger partial charge in [-0.2, -0.15) is 4.98 Å². The van der Waals surface area contributed by atoms with Crippen molar-refractivity contribution >= 4 is 34.4 Å². The van der Waals surface area contributed by atoms with Gasteiger partial charge in [0, 0.05) is 37.7 Å². The molecule has 0 amide bonds. The zero-order valence-electron chi connectivity index (χ0n) is 16.2. The first-order valence-corrected chi connectivity index (χ1v) is 9.47. The summed E-state index contributed by atoms with van der Waals surface area (Å²) in [6, 6.07) is 10.3. The van der Waals surface area contributed by atoms with Gasteiger partial charge in [0.2, 0.25) is 11.9 Å². The number of nitrogens with zero attached hydrogens (tertiary/aromatic N) is 7. The minimum atomic E-state index is 0.228. The van der Waals surface area contributed by atoms with E-state index >= 15 is 0 Å². The molecule has 0 atom stereocenters. The Kier molecular flexibility index (Phi) is 4.01. The molecule has 5 rings (SSSR count). The zero-order valence-corrected chi connectivity index (χ0v) is 16.2. The largest absolute Gasteiger partial charge is 0.378 e. The van der Waals surface area contributed by atoms with Crippen molar-refractivity contribution in [3.05, 3.63) is 42.7 Å². The van der Waals surface area contributed by atoms with E-state index < -0.39 is 0 Å². The minimum Gasteiger partial charge on any atom is -0.378 e. The number of nitrogen functional groups attached to an aromatic ring is 1. The number of rotatable bonds is 5. The standard InChI is InChI=1S/C20H21N9/c1-28(2)14-5-3-4-12(10-14)24-20-23-11-16-18(27-20)29(13-6-7-13)17(25-16)15-8-9-22-19(21)26-15/h3-5,8-11,13H,6-7H2,1-2H3,(H2,21,22,26)(H,23,24,27). The molecule has 9 nitrogen and oxygen atoms in total. The van der Waals surface area contributed by atoms with Gasteiger partial charge in [-0.25, -0.2) is 19.9 Å². The zero-order chi connectivity index (χ0) is 20.0. The Balaban J connectivity index is 1.56. The van der Waals surface area contributed by atoms with E-state index in [2.05, 4.69) is 41.9 Å². The lowest BCUT2D eigenvalue weighted by Crippen LogP contribution is -2.08. The van der Waals surface area contributed by atoms with E-state index in [1.54, 1.807) is 12.4 Å². The van der Waals surface area contributed by atoms with E-state index in [-0.39, 0.29) is 5.95 Å². The molecule has 1 aliphatic rings. The monoisotopic (exact) mass is 387 g/mol. The third-order valence-electron chi connectivity index (χ3n) is 4.87. The van der Waals surface area contributed by atoms with Crippen LogP contribution in [-0.2, 0) is 0 Å². The summed E-state index contributed by atoms with van der Waals surface area (Å²) < 4.78 is 2.14. The lowest BCUT2D eigenvalue weighted by molar-refractivity contribution is 0.763. The Morgan fingerprint density at radius 1 is 1.10 bits per heavy atom. The molecule has 1 fully saturated rings. The molecule has 3 heterocycles. The number of hydrogen-bond donors (Lipinski definition) is 2. The summed E-state index contributed by atoms with van der Waals surface area (Å²) in [6.07, 6.45) is 5.57. The summed E-state index contributed by atoms with van der Waals surface area (Å²) in [5.41, 5.74) is 10.0. The van der Waals surface area contributed by atoms with Crippen LogP contribution in [-0.4, -0.2) is 43.6 Å². The lowest BCUT2D eigenvalue weighted by atomic mass is 10.2. The van der Waals surface area contributed by atoms with E-state index in [1.807, 2.05) is 32.3 Å². The van der Waals surface area contributed by atoms with Crippen LogP contribution in [0.3, 0.4) is 0 Å². The van der Waals surface area contributed by atoms with Gasteiger partial charge < -0.3 is 20.5 Å². The summed E-state index contributed by atoms with van der Waals surface area (Å²) in [5, 5.41) is 3.30. The lowest BCUT2D eigenvalue weighted by Gasteiger charge is -2.14. The fourth-order valence-electron chi connectivity index (χ4n) is 3.30. The summed E-state index contributed by atoms with van der Waals surface area (Å²) in [4.78, 5) is 24.3. The van der Waals surface area contributed by atoms with Crippen LogP contribution in [0.4, 0.5) is 23.3 Å². The number of aromatic nitrogens is 6. The molecule has 1 aromatic carbocycles. The second-order valence-corrected chi connectivity index (χ2v) is 7.31. The average Bonchev–Trinajstić information content (AvgIpc) is 3.48. The second-order valence-electron chi connectivity index (χ2n) is 7.31. The number of fused-ring (bicyclic) bond motifs is 1. The molecule has 0 bridgehead atoms. The molecular weight excluding hydrogens is 366 g/mol. The van der Waals surface area contributed by atoms with E-state index in [0.29, 0.717) is 17.7 Å². The molecule has 0 aliphatic heterocycles. The summed E-state index contributed by atoms with van der Waals surface area (Å²) in [5.74, 6) is 1.51. The summed E-state index contributed by atoms with van der Waals surface area (Å²) in [7, 11) is 4.02. The Bertz CT molecular complexity index is 1190. The van der Waals surface area contributed by atoms with Gasteiger partial charge in [-0.15, -0.1) is 0 Å². The van der Waals surface area contributed by atoms with Crippen LogP contribution in [0.2, 0.25) is 0 Å². The van der Waals surface area contributed by atoms with Crippen molar-refractivity contribution in [1.82, 2.24) is 29.5 Å². The highest BCUT2D eigenvalue weighted by Crippen LogP contribution is 2.40. The number of imidazole rings is 1. The van der Waals surface area contributed by atoms with Gasteiger partial charge in [-0.3, -0.25) is 0 Å². The van der Waals surface area contributed by atoms with Crippen LogP contribution in [0.25, 0.3) is 22.7 Å². The van der Waals surface area contributed by atoms with Crippen LogP contribution in [0.5, 0.6) is 0 Å². The first-order valence-electron chi connectivity index (χ1n) is 9.47. The third-order valence-corrected chi connectivity index (χ3v) is 4.87. The predicted octanol–water partition coefficient (Wildman–Crippen LogP) is 3.01. The maximum Gasteiger partial charge on any atom is 0.229 e. The quantitative estimate of drug-likeness (QED) is 0.538. The van der Waals surface area contributed by atoms with Gasteiger partial charge in [0.1, 0.15) is 11.2 Å². The molecule has 0 unspecified atom stereocenters. The molecule has 0 saturated heterocycles. The molecule has 1 saturated carbocycles. The van der Waals surface area contributed by atoms with Crippen LogP contribution in [0, 0.1) is 0 Å². The van der Waals surface area contributed by atoms with E-state index in [1.165, 1.54) is 0 Å². The van der Waals surface area contributed by atoms with Gasteiger partial charge in [0.25, 0.3) is 0 Å². The number of hydrogen-bond acceptors (Lipinski definition) is 8. The van der Waals surface area contributed by atoms with Crippen LogP contribution < -0.4 is 16.0 Å². The predicted molar refractivity (Wildman–Crippen MR) is 113 cm³/mol. The van der Waals surface area contributed by atoms with Crippen LogP contribution in [0.1, 0.15) is 18.9 Å². The van der Waals surface area contributed by atoms with Crippen molar-refractivity contribution in [3.63, 3.8) is 0 Å². The average molecular weight is 387 g/mol. The maximum absolute atomic E-state index is 5.77. The highest BCUT2D eigenvalue weighted by Gasteiger charge is 2.30. The number of nitrogens with two attached hydrogens (primary N) is 1. The van der Waals surface area contributed by atoms with E-state index in [0.717, 1.165) is 41.2 Å². The molecular formula is C20H21N9. The Hall–Kier alpha value is -3.75. The van der Waals surface area contributed by atoms with Gasteiger partial charge in [0.15, 0.2) is 11.5 Å². The molecule has 4 aromatic rings. The summed E-state index contributed by atoms with van der Waals surface area (Å²) >= 11 is 0. The highest BCUT2D eigenvalue weighted by molar-refractivity contribution is 5.78. The van der Waals surface area contributed by atoms with Crippen molar-refractivity contribution in [2.75, 3.05) is 30.0 Å². The Morgan fingerprint density at radius 3 is 2.72 bits per heavy atom. The molecule has 1 aliphatic carbocycles. The first kappa shape index (κ1) is 17.4. The number of nitrogens with one attached hydrogen (secondary N) is 1. The molecule has 3 aromatic heterocycles. The topological polar surface area (TPSA) is 111 Å². The Labute approximate surface area is 167 Å². The van der Waals surface area contributed by atoms with E-state index in [9.17, 15) is 0 Å². The SMILES string of the molecule is CN(C)c1cccc(Nc2ncc3nc(-c4ccnc(N)n4)n(C4CC4)c3n2)c1. The third kappa shape index (κ3) is 3.31. The second kappa shape index (κ2) is 6.69. The van der Waals surface area contributed by atoms with Crippen molar-refractivity contribution in [1.29, 1.82) is 0 Å². The molecule has 29 heavy (non-hydrogen) atoms. The molecule has 0 radical (unpaired) electrons. The van der Waals surface area contributed by atoms with Crippen molar-refractivity contribution in [3.8, 4) is 11.5 Å². The Morgan fingerprint density at radius 2 is 1.97 bits per heavy atom. The smallest absolute Gasteiger partial charge is 0.229 e. The molecule has 0 spiro atoms. The highest BCUT2D eigenvalue weighted by atomic mass is 15.2. The number of benzene rings is 1. The molecule has 9 heteroatoms. The molecule has 3 N–H and O–H groups in total. The van der Waals surface area contributed by atoms with Gasteiger partial charge in [-0.1, -0.05) is 6.07 Å². The normalized spacial score (nSPS) is 13.6. The molecule has 146 valence electrons. The first-order chi connectivity index (χ1) is 14.1. The summed E-state index contributed by atoms with van der Waals surface area (Å²) in [6.45, 7) is 0. The fraction of sp³-hybridized carbons (Fsp3) is 0.250.